The summed E-state index contributed by atoms with van der Waals surface area (Å²) in [5, 5.41) is 0. The fourth-order valence-corrected chi connectivity index (χ4v) is 1.74. The summed E-state index contributed by atoms with van der Waals surface area (Å²) in [6.45, 7) is 2.23. The molecule has 0 N–H and O–H groups in total. The van der Waals surface area contributed by atoms with Gasteiger partial charge in [0.05, 0.1) is 0 Å². The molecule has 0 aliphatic rings. The SMILES string of the molecule is CCp1cccc1. The first kappa shape index (κ1) is 4.93. The van der Waals surface area contributed by atoms with Crippen molar-refractivity contribution in [2.75, 3.05) is 0 Å². The van der Waals surface area contributed by atoms with E-state index in [-0.39, 0.29) is 7.53 Å². The number of aryl methyl sites for hydroxylation is 1. The van der Waals surface area contributed by atoms with Crippen LogP contribution in [0.5, 0.6) is 0 Å². The molecule has 0 aliphatic heterocycles. The summed E-state index contributed by atoms with van der Waals surface area (Å²) in [5.74, 6) is 4.57. The van der Waals surface area contributed by atoms with Crippen molar-refractivity contribution < 1.29 is 0 Å². The zero-order valence-electron chi connectivity index (χ0n) is 4.46. The molecule has 0 bridgehead atoms. The lowest BCUT2D eigenvalue weighted by Gasteiger charge is -1.82. The van der Waals surface area contributed by atoms with Crippen molar-refractivity contribution in [1.82, 2.24) is 0 Å². The van der Waals surface area contributed by atoms with Gasteiger partial charge in [-0.15, -0.1) is 7.53 Å². The lowest BCUT2D eigenvalue weighted by molar-refractivity contribution is 1.38. The Hall–Kier alpha value is -0.220. The average molecular weight is 112 g/mol. The van der Waals surface area contributed by atoms with Crippen LogP contribution in [0.2, 0.25) is 0 Å². The second-order valence-electron chi connectivity index (χ2n) is 1.51. The van der Waals surface area contributed by atoms with Crippen LogP contribution in [0.4, 0.5) is 0 Å². The molecule has 0 atom stereocenters. The lowest BCUT2D eigenvalue weighted by atomic mass is 10.7. The number of hydrogen-bond acceptors (Lipinski definition) is 0. The Morgan fingerprint density at radius 2 is 1.86 bits per heavy atom. The Morgan fingerprint density at radius 3 is 2.14 bits per heavy atom. The quantitative estimate of drug-likeness (QED) is 0.524. The molecule has 1 aromatic heterocycles. The van der Waals surface area contributed by atoms with E-state index in [1.165, 1.54) is 6.16 Å². The molecule has 1 heterocycles. The molecule has 0 saturated carbocycles. The second kappa shape index (κ2) is 2.18. The maximum Gasteiger partial charge on any atom is -0.0170 e. The molecule has 0 radical (unpaired) electrons. The highest BCUT2D eigenvalue weighted by Crippen LogP contribution is 2.26. The average Bonchev–Trinajstić information content (AvgIpc) is 2.14. The van der Waals surface area contributed by atoms with Gasteiger partial charge in [-0.25, -0.2) is 0 Å². The zero-order chi connectivity index (χ0) is 5.11. The molecular weight excluding hydrogens is 103 g/mol. The molecule has 1 aromatic rings. The minimum Gasteiger partial charge on any atom is -0.125 e. The molecule has 7 heavy (non-hydrogen) atoms. The summed E-state index contributed by atoms with van der Waals surface area (Å²) in [6, 6.07) is 4.27. The molecule has 1 heteroatoms. The third-order valence-corrected chi connectivity index (χ3v) is 2.87. The van der Waals surface area contributed by atoms with Crippen LogP contribution in [-0.4, -0.2) is 0 Å². The third kappa shape index (κ3) is 1.07. The predicted molar refractivity (Wildman–Crippen MR) is 34.8 cm³/mol. The first-order valence-electron chi connectivity index (χ1n) is 2.54. The molecule has 0 unspecified atom stereocenters. The maximum absolute atomic E-state index is 2.29. The van der Waals surface area contributed by atoms with E-state index in [1.807, 2.05) is 0 Å². The van der Waals surface area contributed by atoms with E-state index in [1.54, 1.807) is 0 Å². The Morgan fingerprint density at radius 1 is 1.29 bits per heavy atom. The van der Waals surface area contributed by atoms with E-state index >= 15 is 0 Å². The topological polar surface area (TPSA) is 0 Å². The van der Waals surface area contributed by atoms with Gasteiger partial charge in [0.15, 0.2) is 0 Å². The van der Waals surface area contributed by atoms with Crippen LogP contribution in [0.25, 0.3) is 0 Å². The minimum atomic E-state index is 0.196. The summed E-state index contributed by atoms with van der Waals surface area (Å²) in [4.78, 5) is 0. The van der Waals surface area contributed by atoms with Crippen molar-refractivity contribution in [3.8, 4) is 0 Å². The maximum atomic E-state index is 2.29. The van der Waals surface area contributed by atoms with Crippen molar-refractivity contribution in [3.63, 3.8) is 0 Å². The fourth-order valence-electron chi connectivity index (χ4n) is 0.581. The van der Waals surface area contributed by atoms with Crippen molar-refractivity contribution >= 4 is 7.53 Å². The van der Waals surface area contributed by atoms with Gasteiger partial charge in [0.25, 0.3) is 0 Å². The molecule has 1 rings (SSSR count). The number of hydrogen-bond donors (Lipinski definition) is 0. The van der Waals surface area contributed by atoms with E-state index in [0.29, 0.717) is 0 Å². The van der Waals surface area contributed by atoms with E-state index < -0.39 is 0 Å². The Bertz CT molecular complexity index is 119. The molecule has 0 spiro atoms. The highest BCUT2D eigenvalue weighted by molar-refractivity contribution is 7.47. The van der Waals surface area contributed by atoms with Gasteiger partial charge in [0.1, 0.15) is 0 Å². The van der Waals surface area contributed by atoms with Crippen LogP contribution < -0.4 is 0 Å². The highest BCUT2D eigenvalue weighted by atomic mass is 31.1. The number of rotatable bonds is 1. The third-order valence-electron chi connectivity index (χ3n) is 1.03. The normalized spacial score (nSPS) is 9.29. The van der Waals surface area contributed by atoms with Crippen molar-refractivity contribution in [2.24, 2.45) is 0 Å². The Balaban J connectivity index is 2.76. The van der Waals surface area contributed by atoms with Crippen molar-refractivity contribution in [1.29, 1.82) is 0 Å². The van der Waals surface area contributed by atoms with E-state index in [4.69, 9.17) is 0 Å². The van der Waals surface area contributed by atoms with Crippen LogP contribution in [0.1, 0.15) is 6.92 Å². The van der Waals surface area contributed by atoms with Crippen LogP contribution in [0.15, 0.2) is 23.7 Å². The Labute approximate surface area is 45.2 Å². The van der Waals surface area contributed by atoms with Crippen LogP contribution in [0, 0.1) is 0 Å². The zero-order valence-corrected chi connectivity index (χ0v) is 5.36. The molecule has 38 valence electrons. The standard InChI is InChI=1S/C6H9P/c1-2-7-5-3-4-6-7/h3-6H,2H2,1H3. The monoisotopic (exact) mass is 112 g/mol. The largest absolute Gasteiger partial charge is 0.125 e. The van der Waals surface area contributed by atoms with Gasteiger partial charge in [-0.3, -0.25) is 0 Å². The Kier molecular flexibility index (Phi) is 1.54. The first-order chi connectivity index (χ1) is 3.43. The lowest BCUT2D eigenvalue weighted by Crippen LogP contribution is -1.45. The molecule has 0 nitrogen and oxygen atoms in total. The van der Waals surface area contributed by atoms with E-state index in [0.717, 1.165) is 0 Å². The van der Waals surface area contributed by atoms with Gasteiger partial charge < -0.3 is 0 Å². The van der Waals surface area contributed by atoms with E-state index in [9.17, 15) is 0 Å². The summed E-state index contributed by atoms with van der Waals surface area (Å²) >= 11 is 0. The predicted octanol–water partition coefficient (Wildman–Crippen LogP) is 2.69. The van der Waals surface area contributed by atoms with Crippen LogP contribution >= 0.6 is 7.53 Å². The highest BCUT2D eigenvalue weighted by Gasteiger charge is 1.79. The van der Waals surface area contributed by atoms with Gasteiger partial charge in [-0.05, 0) is 17.8 Å². The summed E-state index contributed by atoms with van der Waals surface area (Å²) in [6.07, 6.45) is 1.31. The van der Waals surface area contributed by atoms with Gasteiger partial charge in [-0.1, -0.05) is 19.1 Å². The van der Waals surface area contributed by atoms with Crippen LogP contribution in [0.3, 0.4) is 0 Å². The van der Waals surface area contributed by atoms with Crippen molar-refractivity contribution in [2.45, 2.75) is 13.1 Å². The molecule has 0 aromatic carbocycles. The molecule has 0 saturated heterocycles. The second-order valence-corrected chi connectivity index (χ2v) is 3.77. The first-order valence-corrected chi connectivity index (χ1v) is 4.20. The summed E-state index contributed by atoms with van der Waals surface area (Å²) < 4.78 is 0. The smallest absolute Gasteiger partial charge is 0.0170 e. The summed E-state index contributed by atoms with van der Waals surface area (Å²) in [7, 11) is 0.196. The van der Waals surface area contributed by atoms with Crippen molar-refractivity contribution in [3.05, 3.63) is 23.7 Å². The minimum absolute atomic E-state index is 0.196. The molecule has 0 aliphatic carbocycles. The van der Waals surface area contributed by atoms with E-state index in [2.05, 4.69) is 30.7 Å². The fraction of sp³-hybridized carbons (Fsp3) is 0.333. The molecule has 0 fully saturated rings. The molecular formula is C6H9P. The van der Waals surface area contributed by atoms with Gasteiger partial charge >= 0.3 is 0 Å². The van der Waals surface area contributed by atoms with Gasteiger partial charge in [-0.2, -0.15) is 0 Å². The summed E-state index contributed by atoms with van der Waals surface area (Å²) in [5.41, 5.74) is 0. The van der Waals surface area contributed by atoms with Gasteiger partial charge in [0, 0.05) is 0 Å². The van der Waals surface area contributed by atoms with Gasteiger partial charge in [0.2, 0.25) is 0 Å². The van der Waals surface area contributed by atoms with Crippen LogP contribution in [-0.2, 0) is 6.16 Å². The molecule has 0 amide bonds.